The van der Waals surface area contributed by atoms with Crippen molar-refractivity contribution in [3.8, 4) is 11.1 Å². The van der Waals surface area contributed by atoms with E-state index in [9.17, 15) is 13.6 Å². The van der Waals surface area contributed by atoms with E-state index in [1.807, 2.05) is 30.1 Å². The first kappa shape index (κ1) is 22.4. The zero-order chi connectivity index (χ0) is 24.1. The minimum absolute atomic E-state index is 0.0409. The Morgan fingerprint density at radius 1 is 1.18 bits per heavy atom. The van der Waals surface area contributed by atoms with Gasteiger partial charge in [0, 0.05) is 60.9 Å². The highest BCUT2D eigenvalue weighted by molar-refractivity contribution is 6.36. The molecule has 9 heteroatoms. The lowest BCUT2D eigenvalue weighted by Gasteiger charge is -2.33. The number of aromatic nitrogens is 3. The smallest absolute Gasteiger partial charge is 0.340 e. The number of hydrogen-bond acceptors (Lipinski definition) is 4. The van der Waals surface area contributed by atoms with Crippen LogP contribution in [0.3, 0.4) is 0 Å². The van der Waals surface area contributed by atoms with Crippen molar-refractivity contribution in [3.63, 3.8) is 0 Å². The molecule has 34 heavy (non-hydrogen) atoms. The summed E-state index contributed by atoms with van der Waals surface area (Å²) in [7, 11) is 4.91. The van der Waals surface area contributed by atoms with Gasteiger partial charge in [-0.05, 0) is 48.2 Å². The van der Waals surface area contributed by atoms with Crippen LogP contribution in [-0.4, -0.2) is 34.0 Å². The predicted octanol–water partition coefficient (Wildman–Crippen LogP) is 6.04. The van der Waals surface area contributed by atoms with E-state index >= 15 is 0 Å². The van der Waals surface area contributed by atoms with E-state index in [4.69, 9.17) is 16.3 Å². The standard InChI is InChI=1S/C25H23ClF2N4O2/c1-30-13-20(25(33)34-3)18-8-16(9-21(26)23(18)30)32-6-4-5-14-7-17(15-11-29-31(2)12-15)19(24(27)28)10-22(14)32/h7-13,24H,4-6H2,1-3H3. The van der Waals surface area contributed by atoms with E-state index in [1.165, 1.54) is 7.11 Å². The number of methoxy groups -OCH3 is 1. The van der Waals surface area contributed by atoms with Gasteiger partial charge in [-0.3, -0.25) is 4.68 Å². The second-order valence-electron chi connectivity index (χ2n) is 8.50. The van der Waals surface area contributed by atoms with Gasteiger partial charge in [0.1, 0.15) is 0 Å². The van der Waals surface area contributed by atoms with Crippen LogP contribution in [0.1, 0.15) is 34.3 Å². The van der Waals surface area contributed by atoms with Gasteiger partial charge in [0.2, 0.25) is 0 Å². The van der Waals surface area contributed by atoms with Gasteiger partial charge in [0.15, 0.2) is 0 Å². The molecular weight excluding hydrogens is 462 g/mol. The van der Waals surface area contributed by atoms with Gasteiger partial charge in [0.25, 0.3) is 6.43 Å². The minimum atomic E-state index is -2.64. The van der Waals surface area contributed by atoms with Gasteiger partial charge in [-0.15, -0.1) is 0 Å². The number of halogens is 3. The van der Waals surface area contributed by atoms with Crippen LogP contribution in [0.5, 0.6) is 0 Å². The molecule has 176 valence electrons. The number of carbonyl (C=O) groups is 1. The number of esters is 1. The summed E-state index contributed by atoms with van der Waals surface area (Å²) in [6.45, 7) is 0.643. The molecule has 2 aromatic heterocycles. The summed E-state index contributed by atoms with van der Waals surface area (Å²) in [4.78, 5) is 14.3. The number of ether oxygens (including phenoxy) is 1. The third-order valence-corrected chi connectivity index (χ3v) is 6.64. The highest BCUT2D eigenvalue weighted by atomic mass is 35.5. The summed E-state index contributed by atoms with van der Waals surface area (Å²) in [5, 5.41) is 5.27. The summed E-state index contributed by atoms with van der Waals surface area (Å²) >= 11 is 6.64. The van der Waals surface area contributed by atoms with Crippen LogP contribution in [0.15, 0.2) is 42.9 Å². The largest absolute Gasteiger partial charge is 0.465 e. The fraction of sp³-hybridized carbons (Fsp3) is 0.280. The molecule has 0 N–H and O–H groups in total. The van der Waals surface area contributed by atoms with Crippen molar-refractivity contribution in [2.24, 2.45) is 14.1 Å². The Hall–Kier alpha value is -3.39. The molecule has 1 aliphatic rings. The van der Waals surface area contributed by atoms with Gasteiger partial charge in [-0.2, -0.15) is 5.10 Å². The quantitative estimate of drug-likeness (QED) is 0.331. The third-order valence-electron chi connectivity index (χ3n) is 6.35. The van der Waals surface area contributed by atoms with Crippen LogP contribution >= 0.6 is 11.6 Å². The highest BCUT2D eigenvalue weighted by Gasteiger charge is 2.26. The Bertz CT molecular complexity index is 1430. The molecule has 3 heterocycles. The van der Waals surface area contributed by atoms with Gasteiger partial charge >= 0.3 is 5.97 Å². The van der Waals surface area contributed by atoms with Gasteiger partial charge < -0.3 is 14.2 Å². The number of alkyl halides is 2. The van der Waals surface area contributed by atoms with E-state index in [0.29, 0.717) is 39.2 Å². The number of fused-ring (bicyclic) bond motifs is 2. The molecule has 0 fully saturated rings. The molecule has 0 atom stereocenters. The van der Waals surface area contributed by atoms with Crippen LogP contribution in [0, 0.1) is 0 Å². The van der Waals surface area contributed by atoms with Crippen LogP contribution in [0.25, 0.3) is 22.0 Å². The van der Waals surface area contributed by atoms with Crippen molar-refractivity contribution in [2.75, 3.05) is 18.6 Å². The number of anilines is 2. The number of benzene rings is 2. The summed E-state index contributed by atoms with van der Waals surface area (Å²) in [5.74, 6) is -0.459. The molecule has 1 aliphatic heterocycles. The molecule has 0 saturated heterocycles. The maximum atomic E-state index is 14.2. The summed E-state index contributed by atoms with van der Waals surface area (Å²) in [6.07, 6.45) is 4.01. The lowest BCUT2D eigenvalue weighted by molar-refractivity contribution is 0.0602. The van der Waals surface area contributed by atoms with Crippen LogP contribution in [0.4, 0.5) is 20.2 Å². The molecule has 0 saturated carbocycles. The maximum Gasteiger partial charge on any atom is 0.340 e. The van der Waals surface area contributed by atoms with Gasteiger partial charge in [-0.1, -0.05) is 11.6 Å². The zero-order valence-corrected chi connectivity index (χ0v) is 19.7. The first-order valence-electron chi connectivity index (χ1n) is 10.9. The van der Waals surface area contributed by atoms with Crippen molar-refractivity contribution >= 4 is 39.8 Å². The minimum Gasteiger partial charge on any atom is -0.465 e. The maximum absolute atomic E-state index is 14.2. The number of nitrogens with zero attached hydrogens (tertiary/aromatic N) is 4. The topological polar surface area (TPSA) is 52.3 Å². The van der Waals surface area contributed by atoms with E-state index in [2.05, 4.69) is 5.10 Å². The zero-order valence-electron chi connectivity index (χ0n) is 19.0. The van der Waals surface area contributed by atoms with Crippen molar-refractivity contribution in [1.82, 2.24) is 14.3 Å². The molecule has 0 aliphatic carbocycles. The lowest BCUT2D eigenvalue weighted by Crippen LogP contribution is -2.25. The SMILES string of the molecule is COC(=O)c1cn(C)c2c(Cl)cc(N3CCCc4cc(-c5cnn(C)c5)c(C(F)F)cc43)cc12. The van der Waals surface area contributed by atoms with Crippen molar-refractivity contribution in [3.05, 3.63) is 64.6 Å². The molecule has 2 aromatic carbocycles. The lowest BCUT2D eigenvalue weighted by atomic mass is 9.92. The fourth-order valence-electron chi connectivity index (χ4n) is 4.81. The molecule has 6 nitrogen and oxygen atoms in total. The molecular formula is C25H23ClF2N4O2. The van der Waals surface area contributed by atoms with Crippen LogP contribution in [-0.2, 0) is 25.3 Å². The third kappa shape index (κ3) is 3.62. The first-order valence-corrected chi connectivity index (χ1v) is 11.2. The Morgan fingerprint density at radius 3 is 2.65 bits per heavy atom. The predicted molar refractivity (Wildman–Crippen MR) is 128 cm³/mol. The molecule has 0 bridgehead atoms. The van der Waals surface area contributed by atoms with Crippen molar-refractivity contribution in [1.29, 1.82) is 0 Å². The molecule has 0 radical (unpaired) electrons. The second kappa shape index (κ2) is 8.43. The number of carbonyl (C=O) groups excluding carboxylic acids is 1. The molecule has 4 aromatic rings. The molecule has 5 rings (SSSR count). The van der Waals surface area contributed by atoms with Crippen molar-refractivity contribution < 1.29 is 18.3 Å². The van der Waals surface area contributed by atoms with E-state index in [1.54, 1.807) is 41.0 Å². The summed E-state index contributed by atoms with van der Waals surface area (Å²) < 4.78 is 36.6. The van der Waals surface area contributed by atoms with Crippen LogP contribution in [0.2, 0.25) is 5.02 Å². The van der Waals surface area contributed by atoms with E-state index in [-0.39, 0.29) is 5.56 Å². The highest BCUT2D eigenvalue weighted by Crippen LogP contribution is 2.43. The van der Waals surface area contributed by atoms with Crippen molar-refractivity contribution in [2.45, 2.75) is 19.3 Å². The summed E-state index contributed by atoms with van der Waals surface area (Å²) in [5.41, 5.74) is 4.67. The number of hydrogen-bond donors (Lipinski definition) is 0. The summed E-state index contributed by atoms with van der Waals surface area (Å²) in [6, 6.07) is 7.12. The van der Waals surface area contributed by atoms with E-state index in [0.717, 1.165) is 29.8 Å². The monoisotopic (exact) mass is 484 g/mol. The van der Waals surface area contributed by atoms with Crippen LogP contribution < -0.4 is 4.90 Å². The van der Waals surface area contributed by atoms with Gasteiger partial charge in [-0.25, -0.2) is 13.6 Å². The van der Waals surface area contributed by atoms with Gasteiger partial charge in [0.05, 0.1) is 29.4 Å². The number of rotatable bonds is 4. The second-order valence-corrected chi connectivity index (χ2v) is 8.90. The normalized spacial score (nSPS) is 13.6. The average Bonchev–Trinajstić information content (AvgIpc) is 3.40. The Morgan fingerprint density at radius 2 is 1.97 bits per heavy atom. The molecule has 0 amide bonds. The number of aryl methyl sites for hydroxylation is 3. The van der Waals surface area contributed by atoms with E-state index < -0.39 is 12.4 Å². The first-order chi connectivity index (χ1) is 16.3. The Labute approximate surface area is 200 Å². The average molecular weight is 485 g/mol. The molecule has 0 spiro atoms. The Balaban J connectivity index is 1.68. The fourth-order valence-corrected chi connectivity index (χ4v) is 5.16. The Kier molecular flexibility index (Phi) is 5.56. The molecule has 0 unspecified atom stereocenters.